The number of guanidine groups is 1. The summed E-state index contributed by atoms with van der Waals surface area (Å²) in [5.41, 5.74) is 1.36. The molecular weight excluding hydrogens is 523 g/mol. The van der Waals surface area contributed by atoms with Gasteiger partial charge in [-0.1, -0.05) is 11.6 Å². The minimum atomic E-state index is -2.91. The number of halogens is 4. The number of aliphatic imine (C=N–C) groups is 1. The standard InChI is InChI=1S/C17H22ClF2N5OS.HI/c1-4-21-16(23-9-13-10-27-17(24-13)25(2)3)22-8-11-7-12(18)5-6-14(11)26-15(19)20;/h5-7,10,15H,4,8-9H2,1-3H3,(H2,21,22,23);1H. The third-order valence-corrected chi connectivity index (χ3v) is 4.64. The minimum absolute atomic E-state index is 0. The monoisotopic (exact) mass is 545 g/mol. The van der Waals surface area contributed by atoms with Crippen molar-refractivity contribution in [2.45, 2.75) is 26.6 Å². The third kappa shape index (κ3) is 7.92. The van der Waals surface area contributed by atoms with Crippen LogP contribution in [0.3, 0.4) is 0 Å². The summed E-state index contributed by atoms with van der Waals surface area (Å²) >= 11 is 7.52. The van der Waals surface area contributed by atoms with Crippen LogP contribution in [0.15, 0.2) is 28.6 Å². The van der Waals surface area contributed by atoms with Gasteiger partial charge in [0, 0.05) is 36.6 Å². The van der Waals surface area contributed by atoms with Crippen molar-refractivity contribution < 1.29 is 13.5 Å². The van der Waals surface area contributed by atoms with Gasteiger partial charge in [0.25, 0.3) is 0 Å². The van der Waals surface area contributed by atoms with Gasteiger partial charge < -0.3 is 20.3 Å². The Balaban J connectivity index is 0.00000392. The first-order valence-corrected chi connectivity index (χ1v) is 9.52. The lowest BCUT2D eigenvalue weighted by atomic mass is 10.2. The molecule has 0 spiro atoms. The van der Waals surface area contributed by atoms with Crippen LogP contribution >= 0.6 is 46.9 Å². The van der Waals surface area contributed by atoms with E-state index in [0.29, 0.717) is 29.6 Å². The van der Waals surface area contributed by atoms with Gasteiger partial charge in [-0.2, -0.15) is 8.78 Å². The molecule has 156 valence electrons. The third-order valence-electron chi connectivity index (χ3n) is 3.35. The van der Waals surface area contributed by atoms with Crippen LogP contribution in [0.2, 0.25) is 5.02 Å². The molecule has 1 aromatic heterocycles. The molecule has 0 fully saturated rings. The molecule has 2 rings (SSSR count). The van der Waals surface area contributed by atoms with E-state index in [9.17, 15) is 8.78 Å². The molecule has 0 unspecified atom stereocenters. The number of rotatable bonds is 8. The summed E-state index contributed by atoms with van der Waals surface area (Å²) in [6.07, 6.45) is 0. The van der Waals surface area contributed by atoms with Gasteiger partial charge in [0.05, 0.1) is 18.8 Å². The number of aromatic nitrogens is 1. The SMILES string of the molecule is CCNC(=NCc1cc(Cl)ccc1OC(F)F)NCc1csc(N(C)C)n1.I. The molecule has 0 bridgehead atoms. The average molecular weight is 546 g/mol. The van der Waals surface area contributed by atoms with Crippen molar-refractivity contribution in [3.8, 4) is 5.75 Å². The highest BCUT2D eigenvalue weighted by Crippen LogP contribution is 2.25. The van der Waals surface area contributed by atoms with Crippen LogP contribution < -0.4 is 20.3 Å². The van der Waals surface area contributed by atoms with Crippen LogP contribution in [0.4, 0.5) is 13.9 Å². The molecule has 6 nitrogen and oxygen atoms in total. The van der Waals surface area contributed by atoms with Crippen molar-refractivity contribution in [2.24, 2.45) is 4.99 Å². The maximum atomic E-state index is 12.6. The van der Waals surface area contributed by atoms with Gasteiger partial charge in [-0.05, 0) is 25.1 Å². The van der Waals surface area contributed by atoms with E-state index in [4.69, 9.17) is 11.6 Å². The minimum Gasteiger partial charge on any atom is -0.434 e. The molecule has 2 aromatic rings. The zero-order valence-corrected chi connectivity index (χ0v) is 19.6. The predicted molar refractivity (Wildman–Crippen MR) is 122 cm³/mol. The quantitative estimate of drug-likeness (QED) is 0.294. The number of thiazole rings is 1. The molecule has 0 amide bonds. The van der Waals surface area contributed by atoms with E-state index in [0.717, 1.165) is 10.8 Å². The number of nitrogens with one attached hydrogen (secondary N) is 2. The maximum Gasteiger partial charge on any atom is 0.387 e. The lowest BCUT2D eigenvalue weighted by Crippen LogP contribution is -2.36. The number of hydrogen-bond donors (Lipinski definition) is 2. The van der Waals surface area contributed by atoms with Gasteiger partial charge in [-0.25, -0.2) is 9.98 Å². The van der Waals surface area contributed by atoms with Gasteiger partial charge in [-0.3, -0.25) is 0 Å². The van der Waals surface area contributed by atoms with E-state index >= 15 is 0 Å². The number of nitrogens with zero attached hydrogens (tertiary/aromatic N) is 3. The van der Waals surface area contributed by atoms with Gasteiger partial charge in [0.15, 0.2) is 11.1 Å². The second-order valence-corrected chi connectivity index (χ2v) is 6.97. The lowest BCUT2D eigenvalue weighted by Gasteiger charge is -2.12. The summed E-state index contributed by atoms with van der Waals surface area (Å²) < 4.78 is 29.7. The summed E-state index contributed by atoms with van der Waals surface area (Å²) in [6.45, 7) is 0.316. The summed E-state index contributed by atoms with van der Waals surface area (Å²) in [6, 6.07) is 4.48. The first-order valence-electron chi connectivity index (χ1n) is 8.26. The summed E-state index contributed by atoms with van der Waals surface area (Å²) in [7, 11) is 3.87. The molecule has 0 radical (unpaired) electrons. The van der Waals surface area contributed by atoms with Gasteiger partial charge in [-0.15, -0.1) is 35.3 Å². The Morgan fingerprint density at radius 2 is 2.11 bits per heavy atom. The topological polar surface area (TPSA) is 61.8 Å². The van der Waals surface area contributed by atoms with Gasteiger partial charge in [0.1, 0.15) is 5.75 Å². The van der Waals surface area contributed by atoms with Crippen molar-refractivity contribution in [1.82, 2.24) is 15.6 Å². The number of anilines is 1. The van der Waals surface area contributed by atoms with E-state index in [2.05, 4.69) is 25.3 Å². The molecule has 0 aliphatic heterocycles. The Hall–Kier alpha value is -1.40. The molecule has 0 atom stereocenters. The zero-order chi connectivity index (χ0) is 19.8. The largest absolute Gasteiger partial charge is 0.434 e. The smallest absolute Gasteiger partial charge is 0.387 e. The molecule has 0 saturated heterocycles. The number of hydrogen-bond acceptors (Lipinski definition) is 5. The highest BCUT2D eigenvalue weighted by molar-refractivity contribution is 14.0. The average Bonchev–Trinajstić information content (AvgIpc) is 3.08. The highest BCUT2D eigenvalue weighted by Gasteiger charge is 2.11. The molecule has 1 heterocycles. The Bertz CT molecular complexity index is 776. The van der Waals surface area contributed by atoms with Crippen LogP contribution in [-0.2, 0) is 13.1 Å². The Kier molecular flexibility index (Phi) is 10.8. The first-order chi connectivity index (χ1) is 12.9. The van der Waals surface area contributed by atoms with Crippen molar-refractivity contribution >= 4 is 58.0 Å². The van der Waals surface area contributed by atoms with Gasteiger partial charge >= 0.3 is 6.61 Å². The van der Waals surface area contributed by atoms with E-state index in [1.54, 1.807) is 17.4 Å². The molecule has 11 heteroatoms. The molecule has 28 heavy (non-hydrogen) atoms. The molecule has 0 saturated carbocycles. The first kappa shape index (κ1) is 24.6. The van der Waals surface area contributed by atoms with Crippen molar-refractivity contribution in [1.29, 1.82) is 0 Å². The molecular formula is C17H23ClF2IN5OS. The predicted octanol–water partition coefficient (Wildman–Crippen LogP) is 4.34. The van der Waals surface area contributed by atoms with Crippen molar-refractivity contribution in [3.05, 3.63) is 39.9 Å². The van der Waals surface area contributed by atoms with Crippen LogP contribution in [0.25, 0.3) is 0 Å². The second kappa shape index (κ2) is 12.2. The normalized spacial score (nSPS) is 11.2. The van der Waals surface area contributed by atoms with E-state index in [1.165, 1.54) is 12.1 Å². The molecule has 0 aliphatic rings. The second-order valence-electron chi connectivity index (χ2n) is 5.70. The number of alkyl halides is 2. The lowest BCUT2D eigenvalue weighted by molar-refractivity contribution is -0.0504. The Labute approximate surface area is 189 Å². The number of ether oxygens (including phenoxy) is 1. The van der Waals surface area contributed by atoms with Crippen molar-refractivity contribution in [3.63, 3.8) is 0 Å². The fraction of sp³-hybridized carbons (Fsp3) is 0.412. The van der Waals surface area contributed by atoms with E-state index < -0.39 is 6.61 Å². The molecule has 0 aliphatic carbocycles. The Morgan fingerprint density at radius 1 is 1.36 bits per heavy atom. The van der Waals surface area contributed by atoms with Crippen LogP contribution in [-0.4, -0.2) is 38.2 Å². The van der Waals surface area contributed by atoms with Crippen LogP contribution in [0.1, 0.15) is 18.2 Å². The van der Waals surface area contributed by atoms with Crippen LogP contribution in [0, 0.1) is 0 Å². The van der Waals surface area contributed by atoms with E-state index in [1.807, 2.05) is 31.3 Å². The summed E-state index contributed by atoms with van der Waals surface area (Å²) in [5.74, 6) is 0.601. The molecule has 1 aromatic carbocycles. The Morgan fingerprint density at radius 3 is 2.71 bits per heavy atom. The fourth-order valence-corrected chi connectivity index (χ4v) is 3.10. The van der Waals surface area contributed by atoms with Gasteiger partial charge in [0.2, 0.25) is 0 Å². The number of benzene rings is 1. The molecule has 2 N–H and O–H groups in total. The summed E-state index contributed by atoms with van der Waals surface area (Å²) in [5, 5.41) is 9.60. The maximum absolute atomic E-state index is 12.6. The van der Waals surface area contributed by atoms with Crippen molar-refractivity contribution in [2.75, 3.05) is 25.5 Å². The van der Waals surface area contributed by atoms with Crippen LogP contribution in [0.5, 0.6) is 5.75 Å². The fourth-order valence-electron chi connectivity index (χ4n) is 2.15. The highest BCUT2D eigenvalue weighted by atomic mass is 127. The summed E-state index contributed by atoms with van der Waals surface area (Å²) in [4.78, 5) is 10.9. The van der Waals surface area contributed by atoms with E-state index in [-0.39, 0.29) is 36.3 Å². The zero-order valence-electron chi connectivity index (χ0n) is 15.7.